The van der Waals surface area contributed by atoms with E-state index in [1.807, 2.05) is 31.2 Å². The molecule has 0 spiro atoms. The molecule has 0 bridgehead atoms. The molecule has 2 aromatic rings. The third-order valence-electron chi connectivity index (χ3n) is 2.40. The van der Waals surface area contributed by atoms with Crippen LogP contribution < -0.4 is 5.43 Å². The minimum Gasteiger partial charge on any atom is -0.267 e. The van der Waals surface area contributed by atoms with Crippen molar-refractivity contribution in [3.63, 3.8) is 0 Å². The Kier molecular flexibility index (Phi) is 3.81. The lowest BCUT2D eigenvalue weighted by Crippen LogP contribution is -2.17. The molecule has 0 fully saturated rings. The van der Waals surface area contributed by atoms with Crippen LogP contribution in [-0.2, 0) is 0 Å². The van der Waals surface area contributed by atoms with Gasteiger partial charge in [-0.1, -0.05) is 17.7 Å². The van der Waals surface area contributed by atoms with Crippen LogP contribution in [0.15, 0.2) is 53.9 Å². The molecule has 0 saturated carbocycles. The number of amides is 1. The van der Waals surface area contributed by atoms with Crippen molar-refractivity contribution in [2.45, 2.75) is 6.92 Å². The number of carbonyl (C=O) groups is 1. The van der Waals surface area contributed by atoms with Crippen molar-refractivity contribution in [3.8, 4) is 0 Å². The minimum absolute atomic E-state index is 0.222. The van der Waals surface area contributed by atoms with Crippen LogP contribution in [0.25, 0.3) is 0 Å². The van der Waals surface area contributed by atoms with E-state index in [0.717, 1.165) is 11.1 Å². The number of rotatable bonds is 3. The molecular formula is C14H13N3O. The lowest BCUT2D eigenvalue weighted by Gasteiger charge is -2.00. The monoisotopic (exact) mass is 239 g/mol. The highest BCUT2D eigenvalue weighted by Gasteiger charge is 2.02. The predicted molar refractivity (Wildman–Crippen MR) is 70.5 cm³/mol. The molecule has 1 heterocycles. The van der Waals surface area contributed by atoms with Gasteiger partial charge in [-0.05, 0) is 36.8 Å². The molecule has 18 heavy (non-hydrogen) atoms. The highest BCUT2D eigenvalue weighted by Crippen LogP contribution is 2.02. The van der Waals surface area contributed by atoms with E-state index in [4.69, 9.17) is 0 Å². The van der Waals surface area contributed by atoms with Gasteiger partial charge in [-0.3, -0.25) is 9.78 Å². The second kappa shape index (κ2) is 5.72. The van der Waals surface area contributed by atoms with Crippen LogP contribution in [0.5, 0.6) is 0 Å². The number of hydrogen-bond acceptors (Lipinski definition) is 3. The number of hydrogen-bond donors (Lipinski definition) is 1. The Morgan fingerprint density at radius 3 is 2.50 bits per heavy atom. The molecule has 0 unspecified atom stereocenters. The maximum Gasteiger partial charge on any atom is 0.271 e. The van der Waals surface area contributed by atoms with Gasteiger partial charge < -0.3 is 0 Å². The van der Waals surface area contributed by atoms with Crippen LogP contribution in [0.3, 0.4) is 0 Å². The average molecular weight is 239 g/mol. The van der Waals surface area contributed by atoms with E-state index in [2.05, 4.69) is 15.5 Å². The molecule has 0 atom stereocenters. The molecule has 0 aliphatic carbocycles. The fourth-order valence-electron chi connectivity index (χ4n) is 1.38. The fraction of sp³-hybridized carbons (Fsp3) is 0.0714. The number of aryl methyl sites for hydroxylation is 1. The molecule has 1 aromatic carbocycles. The van der Waals surface area contributed by atoms with Gasteiger partial charge in [0.15, 0.2) is 0 Å². The summed E-state index contributed by atoms with van der Waals surface area (Å²) >= 11 is 0. The van der Waals surface area contributed by atoms with Crippen LogP contribution in [0.4, 0.5) is 0 Å². The topological polar surface area (TPSA) is 54.4 Å². The van der Waals surface area contributed by atoms with Crippen molar-refractivity contribution in [1.82, 2.24) is 10.4 Å². The summed E-state index contributed by atoms with van der Waals surface area (Å²) in [6.07, 6.45) is 4.92. The molecule has 2 rings (SSSR count). The van der Waals surface area contributed by atoms with Crippen molar-refractivity contribution in [3.05, 3.63) is 65.5 Å². The molecule has 4 heteroatoms. The molecule has 4 nitrogen and oxygen atoms in total. The van der Waals surface area contributed by atoms with Crippen molar-refractivity contribution in [1.29, 1.82) is 0 Å². The van der Waals surface area contributed by atoms with E-state index in [9.17, 15) is 4.79 Å². The first-order valence-electron chi connectivity index (χ1n) is 5.56. The van der Waals surface area contributed by atoms with Crippen LogP contribution in [0.2, 0.25) is 0 Å². The maximum absolute atomic E-state index is 11.7. The number of carbonyl (C=O) groups excluding carboxylic acids is 1. The van der Waals surface area contributed by atoms with Crippen molar-refractivity contribution >= 4 is 12.1 Å². The normalized spacial score (nSPS) is 10.5. The lowest BCUT2D eigenvalue weighted by atomic mass is 10.1. The third-order valence-corrected chi connectivity index (χ3v) is 2.40. The molecule has 0 radical (unpaired) electrons. The molecule has 1 N–H and O–H groups in total. The van der Waals surface area contributed by atoms with Gasteiger partial charge in [0.25, 0.3) is 5.91 Å². The Labute approximate surface area is 105 Å². The predicted octanol–water partition coefficient (Wildman–Crippen LogP) is 2.15. The Morgan fingerprint density at radius 1 is 1.17 bits per heavy atom. The third kappa shape index (κ3) is 3.25. The first kappa shape index (κ1) is 12.0. The zero-order valence-corrected chi connectivity index (χ0v) is 10.00. The van der Waals surface area contributed by atoms with Gasteiger partial charge >= 0.3 is 0 Å². The Morgan fingerprint density at radius 2 is 1.83 bits per heavy atom. The van der Waals surface area contributed by atoms with Gasteiger partial charge in [-0.15, -0.1) is 0 Å². The highest BCUT2D eigenvalue weighted by molar-refractivity contribution is 5.94. The minimum atomic E-state index is -0.222. The highest BCUT2D eigenvalue weighted by atomic mass is 16.2. The SMILES string of the molecule is Cc1ccc(C(=O)N/N=C/c2ccncc2)cc1. The van der Waals surface area contributed by atoms with E-state index in [1.54, 1.807) is 30.7 Å². The molecule has 1 amide bonds. The second-order valence-corrected chi connectivity index (χ2v) is 3.85. The largest absolute Gasteiger partial charge is 0.271 e. The summed E-state index contributed by atoms with van der Waals surface area (Å²) in [6, 6.07) is 10.9. The summed E-state index contributed by atoms with van der Waals surface area (Å²) < 4.78 is 0. The number of hydrazone groups is 1. The molecule has 0 saturated heterocycles. The Balaban J connectivity index is 1.96. The Hall–Kier alpha value is -2.49. The van der Waals surface area contributed by atoms with Crippen LogP contribution >= 0.6 is 0 Å². The standard InChI is InChI=1S/C14H13N3O/c1-11-2-4-13(5-3-11)14(18)17-16-10-12-6-8-15-9-7-12/h2-10H,1H3,(H,17,18)/b16-10+. The van der Waals surface area contributed by atoms with Crippen molar-refractivity contribution in [2.24, 2.45) is 5.10 Å². The number of nitrogens with zero attached hydrogens (tertiary/aromatic N) is 2. The second-order valence-electron chi connectivity index (χ2n) is 3.85. The van der Waals surface area contributed by atoms with Crippen LogP contribution in [0, 0.1) is 6.92 Å². The summed E-state index contributed by atoms with van der Waals surface area (Å²) in [5.41, 5.74) is 5.07. The molecule has 0 aliphatic rings. The first-order valence-corrected chi connectivity index (χ1v) is 5.56. The van der Waals surface area contributed by atoms with Gasteiger partial charge in [-0.25, -0.2) is 5.43 Å². The maximum atomic E-state index is 11.7. The summed E-state index contributed by atoms with van der Waals surface area (Å²) in [5.74, 6) is -0.222. The van der Waals surface area contributed by atoms with Gasteiger partial charge in [0, 0.05) is 18.0 Å². The van der Waals surface area contributed by atoms with Crippen molar-refractivity contribution in [2.75, 3.05) is 0 Å². The summed E-state index contributed by atoms with van der Waals surface area (Å²) in [5, 5.41) is 3.89. The molecule has 0 aliphatic heterocycles. The lowest BCUT2D eigenvalue weighted by molar-refractivity contribution is 0.0955. The van der Waals surface area contributed by atoms with E-state index in [0.29, 0.717) is 5.56 Å². The van der Waals surface area contributed by atoms with Crippen LogP contribution in [-0.4, -0.2) is 17.1 Å². The van der Waals surface area contributed by atoms with E-state index < -0.39 is 0 Å². The smallest absolute Gasteiger partial charge is 0.267 e. The quantitative estimate of drug-likeness (QED) is 0.659. The number of pyridine rings is 1. The molecule has 1 aromatic heterocycles. The first-order chi connectivity index (χ1) is 8.75. The fourth-order valence-corrected chi connectivity index (χ4v) is 1.38. The van der Waals surface area contributed by atoms with Crippen molar-refractivity contribution < 1.29 is 4.79 Å². The summed E-state index contributed by atoms with van der Waals surface area (Å²) in [4.78, 5) is 15.6. The van der Waals surface area contributed by atoms with Gasteiger partial charge in [0.1, 0.15) is 0 Å². The van der Waals surface area contributed by atoms with Gasteiger partial charge in [-0.2, -0.15) is 5.10 Å². The summed E-state index contributed by atoms with van der Waals surface area (Å²) in [7, 11) is 0. The van der Waals surface area contributed by atoms with Gasteiger partial charge in [0.2, 0.25) is 0 Å². The van der Waals surface area contributed by atoms with E-state index in [1.165, 1.54) is 0 Å². The number of nitrogens with one attached hydrogen (secondary N) is 1. The number of aromatic nitrogens is 1. The van der Waals surface area contributed by atoms with Crippen LogP contribution in [0.1, 0.15) is 21.5 Å². The zero-order valence-electron chi connectivity index (χ0n) is 10.00. The van der Waals surface area contributed by atoms with E-state index in [-0.39, 0.29) is 5.91 Å². The molecular weight excluding hydrogens is 226 g/mol. The number of benzene rings is 1. The zero-order chi connectivity index (χ0) is 12.8. The average Bonchev–Trinajstić information content (AvgIpc) is 2.40. The van der Waals surface area contributed by atoms with E-state index >= 15 is 0 Å². The molecule has 90 valence electrons. The summed E-state index contributed by atoms with van der Waals surface area (Å²) in [6.45, 7) is 1.98. The Bertz CT molecular complexity index is 547. The van der Waals surface area contributed by atoms with Gasteiger partial charge in [0.05, 0.1) is 6.21 Å².